The average Bonchev–Trinajstić information content (AvgIpc) is 2.81. The number of nitrogens with zero attached hydrogens (tertiary/aromatic N) is 1. The van der Waals surface area contributed by atoms with E-state index in [0.717, 1.165) is 4.47 Å². The second-order valence-electron chi connectivity index (χ2n) is 7.85. The molecule has 0 saturated carbocycles. The second kappa shape index (κ2) is 12.2. The van der Waals surface area contributed by atoms with Gasteiger partial charge in [-0.25, -0.2) is 13.2 Å². The van der Waals surface area contributed by atoms with Crippen LogP contribution in [-0.4, -0.2) is 56.1 Å². The minimum Gasteiger partial charge on any atom is -0.456 e. The highest BCUT2D eigenvalue weighted by molar-refractivity contribution is 9.10. The fourth-order valence-electron chi connectivity index (χ4n) is 3.20. The SMILES string of the molecule is CCN(CC)S(=O)(=O)c1cccc(C(=O)N[C@H](C(=O)OCC(=O)c2cccc(Br)c2)C(C)C)c1. The average molecular weight is 553 g/mol. The summed E-state index contributed by atoms with van der Waals surface area (Å²) in [6.45, 7) is 7.05. The van der Waals surface area contributed by atoms with Crippen molar-refractivity contribution < 1.29 is 27.5 Å². The van der Waals surface area contributed by atoms with Gasteiger partial charge in [0.25, 0.3) is 5.91 Å². The van der Waals surface area contributed by atoms with E-state index in [-0.39, 0.29) is 22.2 Å². The number of ketones is 1. The zero-order chi connectivity index (χ0) is 25.5. The molecule has 0 aromatic heterocycles. The highest BCUT2D eigenvalue weighted by Gasteiger charge is 2.28. The molecule has 184 valence electrons. The number of sulfonamides is 1. The smallest absolute Gasteiger partial charge is 0.329 e. The Balaban J connectivity index is 2.13. The van der Waals surface area contributed by atoms with Gasteiger partial charge in [0, 0.05) is 28.7 Å². The number of rotatable bonds is 11. The Labute approximate surface area is 208 Å². The third-order valence-corrected chi connectivity index (χ3v) is 7.68. The molecule has 0 heterocycles. The van der Waals surface area contributed by atoms with Gasteiger partial charge in [0.2, 0.25) is 10.0 Å². The van der Waals surface area contributed by atoms with Crippen LogP contribution in [0, 0.1) is 5.92 Å². The number of Topliss-reactive ketones (excluding diaryl/α,β-unsaturated/α-hetero) is 1. The summed E-state index contributed by atoms with van der Waals surface area (Å²) in [5, 5.41) is 2.60. The molecule has 1 amide bonds. The molecular weight excluding hydrogens is 524 g/mol. The van der Waals surface area contributed by atoms with E-state index < -0.39 is 34.5 Å². The molecule has 8 nitrogen and oxygen atoms in total. The highest BCUT2D eigenvalue weighted by Crippen LogP contribution is 2.18. The first-order chi connectivity index (χ1) is 16.0. The Morgan fingerprint density at radius 2 is 1.62 bits per heavy atom. The topological polar surface area (TPSA) is 110 Å². The lowest BCUT2D eigenvalue weighted by molar-refractivity contribution is -0.145. The lowest BCUT2D eigenvalue weighted by atomic mass is 10.0. The standard InChI is InChI=1S/C24H29BrN2O6S/c1-5-27(6-2)34(31,32)20-12-8-10-18(14-20)23(29)26-22(16(3)4)24(30)33-15-21(28)17-9-7-11-19(25)13-17/h7-14,16,22H,5-6,15H2,1-4H3,(H,26,29)/t22-/m0/s1. The summed E-state index contributed by atoms with van der Waals surface area (Å²) in [7, 11) is -3.75. The summed E-state index contributed by atoms with van der Waals surface area (Å²) in [4.78, 5) is 37.8. The van der Waals surface area contributed by atoms with Crippen LogP contribution in [0.5, 0.6) is 0 Å². The first kappa shape index (κ1) is 27.7. The van der Waals surface area contributed by atoms with E-state index in [0.29, 0.717) is 18.7 Å². The molecule has 0 aliphatic carbocycles. The van der Waals surface area contributed by atoms with Crippen molar-refractivity contribution in [1.29, 1.82) is 0 Å². The first-order valence-electron chi connectivity index (χ1n) is 10.9. The predicted molar refractivity (Wildman–Crippen MR) is 132 cm³/mol. The lowest BCUT2D eigenvalue weighted by Crippen LogP contribution is -2.45. The largest absolute Gasteiger partial charge is 0.456 e. The maximum Gasteiger partial charge on any atom is 0.329 e. The van der Waals surface area contributed by atoms with Crippen LogP contribution >= 0.6 is 15.9 Å². The monoisotopic (exact) mass is 552 g/mol. The van der Waals surface area contributed by atoms with Gasteiger partial charge in [-0.2, -0.15) is 4.31 Å². The van der Waals surface area contributed by atoms with Crippen molar-refractivity contribution in [3.63, 3.8) is 0 Å². The van der Waals surface area contributed by atoms with E-state index in [9.17, 15) is 22.8 Å². The molecule has 0 bridgehead atoms. The van der Waals surface area contributed by atoms with Gasteiger partial charge in [0.05, 0.1) is 4.90 Å². The molecule has 0 aliphatic rings. The number of amides is 1. The predicted octanol–water partition coefficient (Wildman–Crippen LogP) is 3.66. The summed E-state index contributed by atoms with van der Waals surface area (Å²) in [5.41, 5.74) is 0.482. The van der Waals surface area contributed by atoms with Crippen LogP contribution in [0.3, 0.4) is 0 Å². The Hall–Kier alpha value is -2.56. The minimum absolute atomic E-state index is 0.00728. The maximum absolute atomic E-state index is 12.8. The summed E-state index contributed by atoms with van der Waals surface area (Å²) in [6.07, 6.45) is 0. The number of esters is 1. The number of carbonyl (C=O) groups excluding carboxylic acids is 3. The quantitative estimate of drug-likeness (QED) is 0.336. The van der Waals surface area contributed by atoms with Crippen molar-refractivity contribution in [1.82, 2.24) is 9.62 Å². The Kier molecular flexibility index (Phi) is 9.96. The van der Waals surface area contributed by atoms with Crippen LogP contribution in [0.15, 0.2) is 57.9 Å². The zero-order valence-corrected chi connectivity index (χ0v) is 22.0. The number of halogens is 1. The van der Waals surface area contributed by atoms with Crippen molar-refractivity contribution in [2.45, 2.75) is 38.6 Å². The minimum atomic E-state index is -3.75. The molecular formula is C24H29BrN2O6S. The molecule has 0 saturated heterocycles. The number of ether oxygens (including phenoxy) is 1. The molecule has 1 N–H and O–H groups in total. The second-order valence-corrected chi connectivity index (χ2v) is 10.7. The Morgan fingerprint density at radius 1 is 1.00 bits per heavy atom. The van der Waals surface area contributed by atoms with Gasteiger partial charge in [-0.15, -0.1) is 0 Å². The molecule has 1 atom stereocenters. The molecule has 10 heteroatoms. The molecule has 0 unspecified atom stereocenters. The van der Waals surface area contributed by atoms with Gasteiger partial charge < -0.3 is 10.1 Å². The van der Waals surface area contributed by atoms with Gasteiger partial charge in [-0.1, -0.05) is 61.8 Å². The fraction of sp³-hybridized carbons (Fsp3) is 0.375. The van der Waals surface area contributed by atoms with Crippen molar-refractivity contribution in [3.05, 3.63) is 64.1 Å². The van der Waals surface area contributed by atoms with Crippen LogP contribution in [0.25, 0.3) is 0 Å². The summed E-state index contributed by atoms with van der Waals surface area (Å²) in [5.74, 6) is -2.08. The molecule has 0 fully saturated rings. The number of carbonyl (C=O) groups is 3. The van der Waals surface area contributed by atoms with Crippen molar-refractivity contribution in [3.8, 4) is 0 Å². The van der Waals surface area contributed by atoms with Crippen molar-refractivity contribution in [2.75, 3.05) is 19.7 Å². The van der Waals surface area contributed by atoms with E-state index >= 15 is 0 Å². The Morgan fingerprint density at radius 3 is 2.21 bits per heavy atom. The molecule has 0 aliphatic heterocycles. The van der Waals surface area contributed by atoms with Crippen LogP contribution in [0.1, 0.15) is 48.4 Å². The third kappa shape index (κ3) is 6.97. The molecule has 0 radical (unpaired) electrons. The normalized spacial score (nSPS) is 12.4. The molecule has 0 spiro atoms. The molecule has 2 aromatic carbocycles. The van der Waals surface area contributed by atoms with Crippen LogP contribution in [0.2, 0.25) is 0 Å². The van der Waals surface area contributed by atoms with Gasteiger partial charge in [0.1, 0.15) is 6.04 Å². The summed E-state index contributed by atoms with van der Waals surface area (Å²) >= 11 is 3.29. The molecule has 34 heavy (non-hydrogen) atoms. The molecule has 2 aromatic rings. The van der Waals surface area contributed by atoms with Crippen molar-refractivity contribution >= 4 is 43.6 Å². The first-order valence-corrected chi connectivity index (χ1v) is 13.1. The van der Waals surface area contributed by atoms with Crippen LogP contribution in [-0.2, 0) is 19.6 Å². The van der Waals surface area contributed by atoms with Gasteiger partial charge in [-0.3, -0.25) is 9.59 Å². The lowest BCUT2D eigenvalue weighted by Gasteiger charge is -2.21. The van der Waals surface area contributed by atoms with E-state index in [1.807, 2.05) is 0 Å². The summed E-state index contributed by atoms with van der Waals surface area (Å²) < 4.78 is 32.8. The van der Waals surface area contributed by atoms with Crippen LogP contribution in [0.4, 0.5) is 0 Å². The van der Waals surface area contributed by atoms with Gasteiger partial charge in [-0.05, 0) is 36.2 Å². The number of nitrogens with one attached hydrogen (secondary N) is 1. The highest BCUT2D eigenvalue weighted by atomic mass is 79.9. The van der Waals surface area contributed by atoms with E-state index in [4.69, 9.17) is 4.74 Å². The van der Waals surface area contributed by atoms with E-state index in [1.165, 1.54) is 28.6 Å². The van der Waals surface area contributed by atoms with Crippen LogP contribution < -0.4 is 5.32 Å². The maximum atomic E-state index is 12.8. The fourth-order valence-corrected chi connectivity index (χ4v) is 5.11. The van der Waals surface area contributed by atoms with E-state index in [1.54, 1.807) is 52.0 Å². The van der Waals surface area contributed by atoms with Crippen molar-refractivity contribution in [2.24, 2.45) is 5.92 Å². The Bertz CT molecular complexity index is 1150. The van der Waals surface area contributed by atoms with Gasteiger partial charge in [0.15, 0.2) is 12.4 Å². The number of hydrogen-bond donors (Lipinski definition) is 1. The van der Waals surface area contributed by atoms with Gasteiger partial charge >= 0.3 is 5.97 Å². The number of benzene rings is 2. The zero-order valence-electron chi connectivity index (χ0n) is 19.6. The molecule has 2 rings (SSSR count). The van der Waals surface area contributed by atoms with E-state index in [2.05, 4.69) is 21.2 Å². The third-order valence-electron chi connectivity index (χ3n) is 5.14. The summed E-state index contributed by atoms with van der Waals surface area (Å²) in [6, 6.07) is 11.3. The number of hydrogen-bond acceptors (Lipinski definition) is 6.